The number of ether oxygens (including phenoxy) is 1. The van der Waals surface area contributed by atoms with E-state index in [4.69, 9.17) is 24.7 Å². The molecule has 0 radical (unpaired) electrons. The van der Waals surface area contributed by atoms with Crippen molar-refractivity contribution >= 4 is 63.4 Å². The number of methoxy groups -OCH3 is 1. The number of nitrogens with zero attached hydrogens (tertiary/aromatic N) is 5. The van der Waals surface area contributed by atoms with Gasteiger partial charge in [0.2, 0.25) is 0 Å². The van der Waals surface area contributed by atoms with Gasteiger partial charge in [-0.1, -0.05) is 81.9 Å². The molecule has 53 heavy (non-hydrogen) atoms. The van der Waals surface area contributed by atoms with Gasteiger partial charge in [0.1, 0.15) is 6.29 Å². The fourth-order valence-corrected chi connectivity index (χ4v) is 8.02. The van der Waals surface area contributed by atoms with Crippen LogP contribution in [0.1, 0.15) is 151 Å². The van der Waals surface area contributed by atoms with Gasteiger partial charge < -0.3 is 14.7 Å². The van der Waals surface area contributed by atoms with E-state index in [1.54, 1.807) is 6.08 Å². The molecular weight excluding hydrogens is 713 g/mol. The van der Waals surface area contributed by atoms with Crippen molar-refractivity contribution in [1.82, 2.24) is 24.8 Å². The molecule has 3 aromatic rings. The van der Waals surface area contributed by atoms with Crippen LogP contribution < -0.4 is 9.97 Å². The number of amides is 2. The monoisotopic (exact) mass is 759 g/mol. The number of aromatic nitrogens is 4. The van der Waals surface area contributed by atoms with Gasteiger partial charge in [-0.25, -0.2) is 4.98 Å². The van der Waals surface area contributed by atoms with E-state index in [1.807, 2.05) is 32.9 Å². The second kappa shape index (κ2) is 16.2. The summed E-state index contributed by atoms with van der Waals surface area (Å²) in [6, 6.07) is 3.94. The predicted molar refractivity (Wildman–Crippen MR) is 203 cm³/mol. The normalized spacial score (nSPS) is 16.8. The molecule has 3 aliphatic heterocycles. The largest absolute Gasteiger partial charge is 2.00 e. The minimum Gasteiger partial charge on any atom is -0.657 e. The smallest absolute Gasteiger partial charge is 0.657 e. The number of imide groups is 1. The van der Waals surface area contributed by atoms with Crippen LogP contribution in [0.15, 0.2) is 18.2 Å². The summed E-state index contributed by atoms with van der Waals surface area (Å²) >= 11 is 0. The Hall–Kier alpha value is -4.63. The Labute approximate surface area is 320 Å². The van der Waals surface area contributed by atoms with E-state index in [0.717, 1.165) is 71.3 Å². The standard InChI is InChI=1S/C42H49N5O5.Ni/c1-9-12-13-14-17-47-41(50)35-25(7)31-21-32-26(10-2)22(4)30(43-32)20-33-27(11-3)23(5)37(45-33)28(16-15-18-48)38-24(6)29(19-34(49)52-8)39(46-38)36(42(47)51)40(35)44-31;/h15-16,18,20-21,24,29H,9-14,17,19H2,1-8H3,(H2,43,44,45,46,48,50,51);/q;+2/p-2/t24-,29-;/m0./s1. The van der Waals surface area contributed by atoms with Gasteiger partial charge in [0, 0.05) is 29.5 Å². The van der Waals surface area contributed by atoms with Crippen LogP contribution in [0.25, 0.3) is 39.3 Å². The number of unbranched alkanes of at least 4 members (excludes halogenated alkanes) is 3. The van der Waals surface area contributed by atoms with Crippen LogP contribution in [-0.2, 0) is 37.2 Å². The molecule has 0 N–H and O–H groups in total. The summed E-state index contributed by atoms with van der Waals surface area (Å²) < 4.78 is 5.15. The van der Waals surface area contributed by atoms with Gasteiger partial charge in [0.25, 0.3) is 11.8 Å². The van der Waals surface area contributed by atoms with E-state index in [0.29, 0.717) is 51.8 Å². The number of hydrogen-bond donors (Lipinski definition) is 0. The maximum atomic E-state index is 14.7. The molecule has 2 amide bonds. The summed E-state index contributed by atoms with van der Waals surface area (Å²) in [7, 11) is 1.34. The number of rotatable bonds is 11. The number of aldehydes is 1. The minimum absolute atomic E-state index is 0. The number of esters is 1. The van der Waals surface area contributed by atoms with E-state index >= 15 is 0 Å². The third-order valence-corrected chi connectivity index (χ3v) is 11.0. The van der Waals surface area contributed by atoms with E-state index in [1.165, 1.54) is 18.1 Å². The maximum absolute atomic E-state index is 14.7. The van der Waals surface area contributed by atoms with Crippen molar-refractivity contribution in [1.29, 1.82) is 0 Å². The van der Waals surface area contributed by atoms with Gasteiger partial charge in [0.05, 0.1) is 36.3 Å². The molecule has 3 aromatic heterocycles. The summed E-state index contributed by atoms with van der Waals surface area (Å²) in [6.45, 7) is 14.5. The molecule has 3 aliphatic rings. The fourth-order valence-electron chi connectivity index (χ4n) is 8.02. The average Bonchev–Trinajstić information content (AvgIpc) is 3.81. The molecule has 0 aromatic carbocycles. The summed E-state index contributed by atoms with van der Waals surface area (Å²) in [4.78, 5) is 75.7. The second-order valence-corrected chi connectivity index (χ2v) is 13.9. The molecule has 2 atom stereocenters. The Kier molecular flexibility index (Phi) is 12.1. The Morgan fingerprint density at radius 1 is 0.887 bits per heavy atom. The third kappa shape index (κ3) is 6.84. The third-order valence-electron chi connectivity index (χ3n) is 11.0. The number of aryl methyl sites for hydroxylation is 3. The Morgan fingerprint density at radius 2 is 1.58 bits per heavy atom. The average molecular weight is 761 g/mol. The Morgan fingerprint density at radius 3 is 2.25 bits per heavy atom. The zero-order valence-corrected chi connectivity index (χ0v) is 32.8. The van der Waals surface area contributed by atoms with E-state index in [-0.39, 0.29) is 52.4 Å². The summed E-state index contributed by atoms with van der Waals surface area (Å²) in [5.74, 6) is -2.27. The van der Waals surface area contributed by atoms with Crippen molar-refractivity contribution < 1.29 is 40.4 Å². The molecule has 10 nitrogen and oxygen atoms in total. The van der Waals surface area contributed by atoms with Gasteiger partial charge in [-0.15, -0.1) is 22.1 Å². The molecule has 8 bridgehead atoms. The van der Waals surface area contributed by atoms with Crippen LogP contribution in [0.3, 0.4) is 0 Å². The first-order chi connectivity index (χ1) is 25.0. The van der Waals surface area contributed by atoms with Crippen molar-refractivity contribution in [2.45, 2.75) is 105 Å². The van der Waals surface area contributed by atoms with Crippen molar-refractivity contribution in [2.24, 2.45) is 0 Å². The van der Waals surface area contributed by atoms with Gasteiger partial charge in [-0.2, -0.15) is 0 Å². The predicted octanol–water partition coefficient (Wildman–Crippen LogP) is 7.93. The van der Waals surface area contributed by atoms with Crippen LogP contribution in [-0.4, -0.2) is 52.6 Å². The quantitative estimate of drug-likeness (QED) is 0.0477. The fraction of sp³-hybridized carbons (Fsp3) is 0.429. The molecule has 0 saturated heterocycles. The molecule has 0 saturated carbocycles. The molecule has 11 heteroatoms. The van der Waals surface area contributed by atoms with Crippen LogP contribution >= 0.6 is 0 Å². The zero-order chi connectivity index (χ0) is 37.4. The summed E-state index contributed by atoms with van der Waals surface area (Å²) in [6.07, 6.45) is 8.79. The van der Waals surface area contributed by atoms with Crippen LogP contribution in [0.5, 0.6) is 0 Å². The Balaban J connectivity index is 0.00000541. The maximum Gasteiger partial charge on any atom is 2.00 e. The number of carbonyl (C=O) groups is 4. The van der Waals surface area contributed by atoms with Gasteiger partial charge in [0.15, 0.2) is 0 Å². The van der Waals surface area contributed by atoms with Gasteiger partial charge in [-0.3, -0.25) is 29.1 Å². The van der Waals surface area contributed by atoms with Crippen molar-refractivity contribution in [3.8, 4) is 0 Å². The van der Waals surface area contributed by atoms with E-state index < -0.39 is 17.8 Å². The molecule has 0 spiro atoms. The summed E-state index contributed by atoms with van der Waals surface area (Å²) in [5, 5.41) is 0. The SMILES string of the molecule is CCCCCCN1C(=O)c2c3nc(c(/C=C/C=O)c4[n-]c(cc5nc(cc6[n-]c2c(c6C)C1=O)C(CC)=C5C)c(CC)c4C)[C@@H](C)[C@@H]3CC(=O)OC.[Ni+2]. The zero-order valence-electron chi connectivity index (χ0n) is 31.8. The first-order valence-electron chi connectivity index (χ1n) is 18.5. The molecule has 0 fully saturated rings. The van der Waals surface area contributed by atoms with Gasteiger partial charge >= 0.3 is 22.5 Å². The molecule has 0 aliphatic carbocycles. The van der Waals surface area contributed by atoms with Gasteiger partial charge in [-0.05, 0) is 62.8 Å². The topological polar surface area (TPSA) is 135 Å². The molecular formula is C42H47N5NiO5. The number of hydrogen-bond acceptors (Lipinski definition) is 7. The van der Waals surface area contributed by atoms with E-state index in [2.05, 4.69) is 27.7 Å². The summed E-state index contributed by atoms with van der Waals surface area (Å²) in [5.41, 5.74) is 10.8. The number of allylic oxidation sites excluding steroid dienone is 3. The minimum atomic E-state index is -0.579. The van der Waals surface area contributed by atoms with Crippen LogP contribution in [0.4, 0.5) is 0 Å². The first-order valence-corrected chi connectivity index (χ1v) is 18.5. The molecule has 6 rings (SSSR count). The first kappa shape index (κ1) is 39.6. The van der Waals surface area contributed by atoms with E-state index in [9.17, 15) is 19.2 Å². The van der Waals surface area contributed by atoms with Crippen molar-refractivity contribution in [3.05, 3.63) is 74.4 Å². The van der Waals surface area contributed by atoms with Crippen LogP contribution in [0, 0.1) is 13.8 Å². The number of fused-ring (bicyclic) bond motifs is 8. The molecule has 6 heterocycles. The second-order valence-electron chi connectivity index (χ2n) is 13.9. The molecule has 0 unspecified atom stereocenters. The van der Waals surface area contributed by atoms with Crippen molar-refractivity contribution in [3.63, 3.8) is 0 Å². The Bertz CT molecular complexity index is 2230. The number of carbonyl (C=O) groups excluding carboxylic acids is 4. The van der Waals surface area contributed by atoms with Crippen molar-refractivity contribution in [2.75, 3.05) is 13.7 Å². The molecule has 280 valence electrons. The van der Waals surface area contributed by atoms with Crippen LogP contribution in [0.2, 0.25) is 0 Å².